The molecule has 0 spiro atoms. The van der Waals surface area contributed by atoms with Crippen molar-refractivity contribution in [1.82, 2.24) is 10.1 Å². The van der Waals surface area contributed by atoms with Crippen molar-refractivity contribution >= 4 is 0 Å². The van der Waals surface area contributed by atoms with Crippen LogP contribution in [0, 0.1) is 12.8 Å². The smallest absolute Gasteiger partial charge is 0.227 e. The molecule has 0 saturated heterocycles. The van der Waals surface area contributed by atoms with Crippen molar-refractivity contribution in [3.63, 3.8) is 0 Å². The lowest BCUT2D eigenvalue weighted by Crippen LogP contribution is -2.26. The minimum atomic E-state index is -0.236. The van der Waals surface area contributed by atoms with Crippen molar-refractivity contribution in [2.24, 2.45) is 5.92 Å². The molecule has 5 nitrogen and oxygen atoms in total. The van der Waals surface area contributed by atoms with Crippen LogP contribution in [0.4, 0.5) is 0 Å². The van der Waals surface area contributed by atoms with E-state index in [1.165, 1.54) is 6.42 Å². The third-order valence-electron chi connectivity index (χ3n) is 3.87. The number of aliphatic hydroxyl groups excluding tert-OH is 1. The Bertz CT molecular complexity index is 546. The van der Waals surface area contributed by atoms with E-state index >= 15 is 0 Å². The zero-order valence-electron chi connectivity index (χ0n) is 11.0. The number of nitrogens with zero attached hydrogens (tertiary/aromatic N) is 2. The second-order valence-electron chi connectivity index (χ2n) is 5.22. The molecule has 2 heterocycles. The first-order valence-electron chi connectivity index (χ1n) is 6.79. The second kappa shape index (κ2) is 5.17. The summed E-state index contributed by atoms with van der Waals surface area (Å²) in [5, 5.41) is 13.9. The van der Waals surface area contributed by atoms with Crippen LogP contribution in [0.5, 0.6) is 0 Å². The molecule has 1 N–H and O–H groups in total. The first kappa shape index (κ1) is 12.4. The van der Waals surface area contributed by atoms with Gasteiger partial charge in [-0.1, -0.05) is 18.0 Å². The number of hydrogen-bond acceptors (Lipinski definition) is 5. The van der Waals surface area contributed by atoms with Crippen LogP contribution in [0.3, 0.4) is 0 Å². The molecule has 0 amide bonds. The van der Waals surface area contributed by atoms with Crippen LogP contribution in [0.15, 0.2) is 21.3 Å². The summed E-state index contributed by atoms with van der Waals surface area (Å²) in [6.45, 7) is 1.87. The van der Waals surface area contributed by atoms with Crippen molar-refractivity contribution in [1.29, 1.82) is 0 Å². The molecule has 1 fully saturated rings. The van der Waals surface area contributed by atoms with Crippen LogP contribution in [0.2, 0.25) is 0 Å². The SMILES string of the molecule is Cc1occc1-c1noc(CC2CCCCC2O)n1. The zero-order chi connectivity index (χ0) is 13.2. The average molecular weight is 262 g/mol. The highest BCUT2D eigenvalue weighted by Gasteiger charge is 2.25. The normalized spacial score (nSPS) is 23.7. The van der Waals surface area contributed by atoms with Gasteiger partial charge in [-0.2, -0.15) is 4.98 Å². The molecule has 2 atom stereocenters. The molecule has 102 valence electrons. The molecule has 1 saturated carbocycles. The van der Waals surface area contributed by atoms with E-state index in [4.69, 9.17) is 8.94 Å². The summed E-state index contributed by atoms with van der Waals surface area (Å²) in [4.78, 5) is 4.39. The van der Waals surface area contributed by atoms with E-state index in [1.807, 2.05) is 13.0 Å². The van der Waals surface area contributed by atoms with Crippen LogP contribution in [-0.4, -0.2) is 21.4 Å². The number of rotatable bonds is 3. The van der Waals surface area contributed by atoms with Gasteiger partial charge in [-0.15, -0.1) is 0 Å². The van der Waals surface area contributed by atoms with E-state index < -0.39 is 0 Å². The largest absolute Gasteiger partial charge is 0.469 e. The average Bonchev–Trinajstić information content (AvgIpc) is 3.01. The maximum atomic E-state index is 9.96. The Kier molecular flexibility index (Phi) is 3.38. The van der Waals surface area contributed by atoms with Gasteiger partial charge in [0.1, 0.15) is 5.76 Å². The molecule has 3 rings (SSSR count). The van der Waals surface area contributed by atoms with E-state index in [-0.39, 0.29) is 12.0 Å². The first-order valence-corrected chi connectivity index (χ1v) is 6.79. The standard InChI is InChI=1S/C14H18N2O3/c1-9-11(6-7-18-9)14-15-13(19-16-14)8-10-4-2-3-5-12(10)17/h6-7,10,12,17H,2-5,8H2,1H3. The summed E-state index contributed by atoms with van der Waals surface area (Å²) in [5.41, 5.74) is 0.860. The van der Waals surface area contributed by atoms with Crippen molar-refractivity contribution < 1.29 is 14.0 Å². The number of hydrogen-bond donors (Lipinski definition) is 1. The third kappa shape index (κ3) is 2.56. The van der Waals surface area contributed by atoms with E-state index in [0.29, 0.717) is 18.1 Å². The zero-order valence-corrected chi connectivity index (χ0v) is 11.0. The molecular weight excluding hydrogens is 244 g/mol. The Morgan fingerprint density at radius 2 is 2.21 bits per heavy atom. The molecule has 0 aliphatic heterocycles. The summed E-state index contributed by atoms with van der Waals surface area (Å²) >= 11 is 0. The van der Waals surface area contributed by atoms with Crippen molar-refractivity contribution in [3.8, 4) is 11.4 Å². The van der Waals surface area contributed by atoms with Crippen LogP contribution < -0.4 is 0 Å². The number of aliphatic hydroxyl groups is 1. The van der Waals surface area contributed by atoms with Gasteiger partial charge < -0.3 is 14.0 Å². The topological polar surface area (TPSA) is 72.3 Å². The lowest BCUT2D eigenvalue weighted by molar-refractivity contribution is 0.0657. The monoisotopic (exact) mass is 262 g/mol. The van der Waals surface area contributed by atoms with Gasteiger partial charge in [0.25, 0.3) is 0 Å². The summed E-state index contributed by atoms with van der Waals surface area (Å²) in [7, 11) is 0. The fourth-order valence-electron chi connectivity index (χ4n) is 2.71. The first-order chi connectivity index (χ1) is 9.24. The maximum Gasteiger partial charge on any atom is 0.227 e. The molecule has 1 aliphatic carbocycles. The van der Waals surface area contributed by atoms with Gasteiger partial charge in [0.05, 0.1) is 17.9 Å². The molecule has 2 aromatic rings. The predicted octanol–water partition coefficient (Wildman–Crippen LogP) is 2.73. The Labute approximate surface area is 111 Å². The maximum absolute atomic E-state index is 9.96. The third-order valence-corrected chi connectivity index (χ3v) is 3.87. The Morgan fingerprint density at radius 1 is 1.37 bits per heavy atom. The van der Waals surface area contributed by atoms with Gasteiger partial charge in [0.2, 0.25) is 11.7 Å². The number of furan rings is 1. The Morgan fingerprint density at radius 3 is 2.95 bits per heavy atom. The Hall–Kier alpha value is -1.62. The molecule has 1 aliphatic rings. The van der Waals surface area contributed by atoms with Crippen molar-refractivity contribution in [3.05, 3.63) is 24.0 Å². The van der Waals surface area contributed by atoms with Gasteiger partial charge in [-0.05, 0) is 31.7 Å². The van der Waals surface area contributed by atoms with Gasteiger partial charge in [0.15, 0.2) is 0 Å². The van der Waals surface area contributed by atoms with Gasteiger partial charge in [0, 0.05) is 6.42 Å². The quantitative estimate of drug-likeness (QED) is 0.920. The highest BCUT2D eigenvalue weighted by Crippen LogP contribution is 2.28. The van der Waals surface area contributed by atoms with Crippen LogP contribution in [-0.2, 0) is 6.42 Å². The minimum Gasteiger partial charge on any atom is -0.469 e. The lowest BCUT2D eigenvalue weighted by Gasteiger charge is -2.26. The van der Waals surface area contributed by atoms with Crippen LogP contribution >= 0.6 is 0 Å². The van der Waals surface area contributed by atoms with E-state index in [0.717, 1.165) is 30.6 Å². The summed E-state index contributed by atoms with van der Waals surface area (Å²) < 4.78 is 10.5. The second-order valence-corrected chi connectivity index (χ2v) is 5.22. The molecule has 0 bridgehead atoms. The molecule has 2 aromatic heterocycles. The van der Waals surface area contributed by atoms with Crippen molar-refractivity contribution in [2.45, 2.75) is 45.1 Å². The summed E-state index contributed by atoms with van der Waals surface area (Å²) in [6.07, 6.45) is 6.23. The highest BCUT2D eigenvalue weighted by atomic mass is 16.5. The fraction of sp³-hybridized carbons (Fsp3) is 0.571. The van der Waals surface area contributed by atoms with Crippen molar-refractivity contribution in [2.75, 3.05) is 0 Å². The fourth-order valence-corrected chi connectivity index (χ4v) is 2.71. The number of aryl methyl sites for hydroxylation is 1. The molecule has 0 radical (unpaired) electrons. The summed E-state index contributed by atoms with van der Waals surface area (Å²) in [6, 6.07) is 1.83. The Balaban J connectivity index is 1.73. The molecule has 5 heteroatoms. The van der Waals surface area contributed by atoms with Crippen LogP contribution in [0.1, 0.15) is 37.3 Å². The number of aromatic nitrogens is 2. The molecule has 2 unspecified atom stereocenters. The van der Waals surface area contributed by atoms with E-state index in [2.05, 4.69) is 10.1 Å². The van der Waals surface area contributed by atoms with Gasteiger partial charge in [-0.3, -0.25) is 0 Å². The summed E-state index contributed by atoms with van der Waals surface area (Å²) in [5.74, 6) is 2.19. The lowest BCUT2D eigenvalue weighted by atomic mass is 9.84. The molecular formula is C14H18N2O3. The van der Waals surface area contributed by atoms with Gasteiger partial charge in [-0.25, -0.2) is 0 Å². The minimum absolute atomic E-state index is 0.236. The van der Waals surface area contributed by atoms with E-state index in [1.54, 1.807) is 6.26 Å². The molecule has 0 aromatic carbocycles. The van der Waals surface area contributed by atoms with Gasteiger partial charge >= 0.3 is 0 Å². The highest BCUT2D eigenvalue weighted by molar-refractivity contribution is 5.56. The molecule has 19 heavy (non-hydrogen) atoms. The van der Waals surface area contributed by atoms with E-state index in [9.17, 15) is 5.11 Å². The van der Waals surface area contributed by atoms with Crippen LogP contribution in [0.25, 0.3) is 11.4 Å². The predicted molar refractivity (Wildman–Crippen MR) is 68.4 cm³/mol.